The normalized spacial score (nSPS) is 15.6. The summed E-state index contributed by atoms with van der Waals surface area (Å²) in [6.45, 7) is 1.08. The minimum atomic E-state index is -0.668. The number of nitrogens with one attached hydrogen (secondary N) is 2. The van der Waals surface area contributed by atoms with E-state index in [1.165, 1.54) is 11.8 Å². The van der Waals surface area contributed by atoms with E-state index in [-0.39, 0.29) is 24.8 Å². The van der Waals surface area contributed by atoms with E-state index in [1.54, 1.807) is 48.5 Å². The van der Waals surface area contributed by atoms with Crippen LogP contribution >= 0.6 is 11.6 Å². The second kappa shape index (κ2) is 9.41. The van der Waals surface area contributed by atoms with Crippen molar-refractivity contribution in [3.63, 3.8) is 0 Å². The second-order valence-corrected chi connectivity index (χ2v) is 7.18. The molecule has 9 heteroatoms. The van der Waals surface area contributed by atoms with Gasteiger partial charge in [-0.1, -0.05) is 23.7 Å². The number of nitrogens with zero attached hydrogens (tertiary/aromatic N) is 1. The maximum atomic E-state index is 12.3. The van der Waals surface area contributed by atoms with E-state index >= 15 is 0 Å². The molecule has 8 nitrogen and oxygen atoms in total. The number of anilines is 3. The van der Waals surface area contributed by atoms with E-state index in [4.69, 9.17) is 16.3 Å². The van der Waals surface area contributed by atoms with Crippen LogP contribution in [0.5, 0.6) is 0 Å². The summed E-state index contributed by atoms with van der Waals surface area (Å²) in [6, 6.07) is 13.4. The van der Waals surface area contributed by atoms with Crippen LogP contribution in [-0.2, 0) is 23.9 Å². The van der Waals surface area contributed by atoms with E-state index < -0.39 is 24.4 Å². The first-order valence-electron chi connectivity index (χ1n) is 9.22. The van der Waals surface area contributed by atoms with Gasteiger partial charge in [-0.05, 0) is 36.4 Å². The summed E-state index contributed by atoms with van der Waals surface area (Å²) in [6.07, 6.45) is -0.00368. The minimum absolute atomic E-state index is 0.00368. The number of carbonyl (C=O) groups is 4. The molecule has 1 aliphatic rings. The Kier molecular flexibility index (Phi) is 6.68. The molecule has 2 N–H and O–H groups in total. The fourth-order valence-electron chi connectivity index (χ4n) is 3.06. The summed E-state index contributed by atoms with van der Waals surface area (Å²) in [5.41, 5.74) is 1.63. The number of carbonyl (C=O) groups excluding carboxylic acids is 4. The molecule has 0 radical (unpaired) electrons. The lowest BCUT2D eigenvalue weighted by Gasteiger charge is -2.17. The first-order valence-corrected chi connectivity index (χ1v) is 9.60. The van der Waals surface area contributed by atoms with Gasteiger partial charge in [-0.25, -0.2) is 0 Å². The van der Waals surface area contributed by atoms with Gasteiger partial charge in [-0.2, -0.15) is 0 Å². The minimum Gasteiger partial charge on any atom is -0.455 e. The van der Waals surface area contributed by atoms with Crippen molar-refractivity contribution in [3.05, 3.63) is 53.6 Å². The predicted molar refractivity (Wildman–Crippen MR) is 112 cm³/mol. The molecule has 156 valence electrons. The van der Waals surface area contributed by atoms with Crippen LogP contribution in [0, 0.1) is 5.92 Å². The summed E-state index contributed by atoms with van der Waals surface area (Å²) in [5, 5.41) is 5.63. The first-order chi connectivity index (χ1) is 14.3. The molecular weight excluding hydrogens is 410 g/mol. The fourth-order valence-corrected chi connectivity index (χ4v) is 3.30. The zero-order valence-electron chi connectivity index (χ0n) is 16.2. The van der Waals surface area contributed by atoms with Gasteiger partial charge in [0.1, 0.15) is 0 Å². The van der Waals surface area contributed by atoms with Crippen molar-refractivity contribution >= 4 is 52.4 Å². The molecular formula is C21H20ClN3O5. The highest BCUT2D eigenvalue weighted by molar-refractivity contribution is 6.33. The van der Waals surface area contributed by atoms with Crippen LogP contribution in [0.1, 0.15) is 13.3 Å². The van der Waals surface area contributed by atoms with Crippen LogP contribution in [0.2, 0.25) is 5.02 Å². The smallest absolute Gasteiger partial charge is 0.311 e. The molecule has 1 fully saturated rings. The van der Waals surface area contributed by atoms with Crippen molar-refractivity contribution in [1.29, 1.82) is 0 Å². The molecule has 0 saturated carbocycles. The number of benzene rings is 2. The van der Waals surface area contributed by atoms with Gasteiger partial charge in [0.25, 0.3) is 5.91 Å². The molecule has 0 bridgehead atoms. The zero-order valence-corrected chi connectivity index (χ0v) is 16.9. The average Bonchev–Trinajstić information content (AvgIpc) is 3.09. The number of hydrogen-bond donors (Lipinski definition) is 2. The van der Waals surface area contributed by atoms with Crippen molar-refractivity contribution in [1.82, 2.24) is 0 Å². The lowest BCUT2D eigenvalue weighted by molar-refractivity contribution is -0.151. The predicted octanol–water partition coefficient (Wildman–Crippen LogP) is 2.83. The van der Waals surface area contributed by atoms with Crippen molar-refractivity contribution in [2.75, 3.05) is 28.7 Å². The number of hydrogen-bond acceptors (Lipinski definition) is 5. The lowest BCUT2D eigenvalue weighted by atomic mass is 10.1. The number of halogens is 1. The van der Waals surface area contributed by atoms with Crippen molar-refractivity contribution in [3.8, 4) is 0 Å². The van der Waals surface area contributed by atoms with Crippen LogP contribution in [0.25, 0.3) is 0 Å². The van der Waals surface area contributed by atoms with E-state index in [2.05, 4.69) is 10.6 Å². The van der Waals surface area contributed by atoms with Crippen LogP contribution in [0.3, 0.4) is 0 Å². The molecule has 1 aliphatic heterocycles. The Labute approximate surface area is 178 Å². The number of ether oxygens (including phenoxy) is 1. The Hall–Kier alpha value is -3.39. The average molecular weight is 430 g/mol. The van der Waals surface area contributed by atoms with Gasteiger partial charge >= 0.3 is 5.97 Å². The number of para-hydroxylation sites is 1. The maximum Gasteiger partial charge on any atom is 0.311 e. The molecule has 2 aromatic rings. The van der Waals surface area contributed by atoms with Gasteiger partial charge in [0, 0.05) is 31.3 Å². The van der Waals surface area contributed by atoms with E-state index in [0.717, 1.165) is 0 Å². The highest BCUT2D eigenvalue weighted by atomic mass is 35.5. The monoisotopic (exact) mass is 429 g/mol. The molecule has 0 aliphatic carbocycles. The molecule has 0 unspecified atom stereocenters. The van der Waals surface area contributed by atoms with Gasteiger partial charge in [0.15, 0.2) is 6.61 Å². The number of amides is 3. The Balaban J connectivity index is 1.49. The van der Waals surface area contributed by atoms with Gasteiger partial charge < -0.3 is 20.3 Å². The maximum absolute atomic E-state index is 12.3. The Morgan fingerprint density at radius 3 is 2.33 bits per heavy atom. The molecule has 3 rings (SSSR count). The zero-order chi connectivity index (χ0) is 21.7. The third kappa shape index (κ3) is 5.36. The van der Waals surface area contributed by atoms with Crippen molar-refractivity contribution in [2.45, 2.75) is 13.3 Å². The van der Waals surface area contributed by atoms with Crippen LogP contribution in [0.4, 0.5) is 17.1 Å². The Morgan fingerprint density at radius 2 is 1.70 bits per heavy atom. The van der Waals surface area contributed by atoms with Crippen LogP contribution in [0.15, 0.2) is 48.5 Å². The molecule has 3 amide bonds. The summed E-state index contributed by atoms with van der Waals surface area (Å²) in [5.74, 6) is -2.22. The van der Waals surface area contributed by atoms with E-state index in [1.807, 2.05) is 0 Å². The SMILES string of the molecule is CC(=O)Nc1ccc(NC(=O)COC(=O)[C@H]2CC(=O)N(c3ccccc3Cl)C2)cc1. The molecule has 0 aromatic heterocycles. The van der Waals surface area contributed by atoms with Gasteiger partial charge in [-0.3, -0.25) is 19.2 Å². The van der Waals surface area contributed by atoms with Crippen molar-refractivity contribution < 1.29 is 23.9 Å². The third-order valence-electron chi connectivity index (χ3n) is 4.44. The molecule has 30 heavy (non-hydrogen) atoms. The molecule has 2 aromatic carbocycles. The Bertz CT molecular complexity index is 977. The quantitative estimate of drug-likeness (QED) is 0.687. The van der Waals surface area contributed by atoms with Crippen LogP contribution in [-0.4, -0.2) is 36.8 Å². The van der Waals surface area contributed by atoms with Gasteiger partial charge in [-0.15, -0.1) is 0 Å². The largest absolute Gasteiger partial charge is 0.455 e. The summed E-state index contributed by atoms with van der Waals surface area (Å²) in [4.78, 5) is 49.1. The fraction of sp³-hybridized carbons (Fsp3) is 0.238. The molecule has 1 saturated heterocycles. The third-order valence-corrected chi connectivity index (χ3v) is 4.76. The highest BCUT2D eigenvalue weighted by Crippen LogP contribution is 2.31. The van der Waals surface area contributed by atoms with Crippen LogP contribution < -0.4 is 15.5 Å². The number of rotatable bonds is 6. The highest BCUT2D eigenvalue weighted by Gasteiger charge is 2.37. The topological polar surface area (TPSA) is 105 Å². The number of esters is 1. The van der Waals surface area contributed by atoms with E-state index in [0.29, 0.717) is 22.1 Å². The molecule has 0 spiro atoms. The molecule has 1 heterocycles. The Morgan fingerprint density at radius 1 is 1.07 bits per heavy atom. The standard InChI is InChI=1S/C21H20ClN3O5/c1-13(26)23-15-6-8-16(9-7-15)24-19(27)12-30-21(29)14-10-20(28)25(11-14)18-5-3-2-4-17(18)22/h2-9,14H,10-12H2,1H3,(H,23,26)(H,24,27)/t14-/m0/s1. The van der Waals surface area contributed by atoms with E-state index in [9.17, 15) is 19.2 Å². The second-order valence-electron chi connectivity index (χ2n) is 6.77. The molecule has 1 atom stereocenters. The first kappa shape index (κ1) is 21.3. The van der Waals surface area contributed by atoms with Crippen molar-refractivity contribution in [2.24, 2.45) is 5.92 Å². The van der Waals surface area contributed by atoms with Gasteiger partial charge in [0.05, 0.1) is 16.6 Å². The summed E-state index contributed by atoms with van der Waals surface area (Å²) in [7, 11) is 0. The van der Waals surface area contributed by atoms with Gasteiger partial charge in [0.2, 0.25) is 11.8 Å². The summed E-state index contributed by atoms with van der Waals surface area (Å²) >= 11 is 6.13. The summed E-state index contributed by atoms with van der Waals surface area (Å²) < 4.78 is 5.08. The lowest BCUT2D eigenvalue weighted by Crippen LogP contribution is -2.28.